The Labute approximate surface area is 121 Å². The molecule has 0 rings (SSSR count). The number of hydrogen-bond donors (Lipinski definition) is 0. The van der Waals surface area contributed by atoms with Crippen LogP contribution in [0.4, 0.5) is 0 Å². The molecule has 0 bridgehead atoms. The monoisotopic (exact) mass is 324 g/mol. The Morgan fingerprint density at radius 2 is 1.45 bits per heavy atom. The lowest BCUT2D eigenvalue weighted by Crippen LogP contribution is -2.12. The molecule has 8 heteroatoms. The van der Waals surface area contributed by atoms with Crippen LogP contribution in [0.3, 0.4) is 0 Å². The van der Waals surface area contributed by atoms with Crippen LogP contribution in [0.15, 0.2) is 12.7 Å². The molecule has 0 radical (unpaired) electrons. The molecule has 0 aromatic carbocycles. The van der Waals surface area contributed by atoms with Crippen molar-refractivity contribution in [3.05, 3.63) is 12.7 Å². The first kappa shape index (κ1) is 19.1. The van der Waals surface area contributed by atoms with Crippen molar-refractivity contribution in [2.75, 3.05) is 24.7 Å². The standard InChI is InChI=1S/C12H20O6S2/c1-3-9-17-19(13,14)11-7-5-6-8-12-20(15,16)18-10-4-2/h1,4H,2,5-12H2. The first-order valence-electron chi connectivity index (χ1n) is 6.11. The minimum atomic E-state index is -3.57. The summed E-state index contributed by atoms with van der Waals surface area (Å²) in [6.07, 6.45) is 8.27. The predicted molar refractivity (Wildman–Crippen MR) is 77.0 cm³/mol. The van der Waals surface area contributed by atoms with Gasteiger partial charge in [0.05, 0.1) is 18.1 Å². The van der Waals surface area contributed by atoms with Crippen LogP contribution >= 0.6 is 0 Å². The third-order valence-corrected chi connectivity index (χ3v) is 4.78. The lowest BCUT2D eigenvalue weighted by molar-refractivity contribution is 0.355. The van der Waals surface area contributed by atoms with Gasteiger partial charge in [-0.05, 0) is 12.8 Å². The first-order chi connectivity index (χ1) is 9.33. The SMILES string of the molecule is C#CCOS(=O)(=O)CCCCCCS(=O)(=O)OCC=C. The third kappa shape index (κ3) is 11.0. The second-order valence-electron chi connectivity index (χ2n) is 3.98. The zero-order chi connectivity index (χ0) is 15.5. The number of unbranched alkanes of at least 4 members (excludes halogenated alkanes) is 3. The Bertz CT molecular complexity index is 513. The van der Waals surface area contributed by atoms with Crippen molar-refractivity contribution in [1.82, 2.24) is 0 Å². The fourth-order valence-electron chi connectivity index (χ4n) is 1.30. The van der Waals surface area contributed by atoms with E-state index in [1.807, 2.05) is 0 Å². The Morgan fingerprint density at radius 3 is 1.90 bits per heavy atom. The van der Waals surface area contributed by atoms with E-state index in [4.69, 9.17) is 6.42 Å². The highest BCUT2D eigenvalue weighted by Crippen LogP contribution is 2.06. The maximum atomic E-state index is 11.3. The van der Waals surface area contributed by atoms with Gasteiger partial charge in [-0.2, -0.15) is 16.8 Å². The van der Waals surface area contributed by atoms with E-state index < -0.39 is 20.2 Å². The summed E-state index contributed by atoms with van der Waals surface area (Å²) in [5.74, 6) is 1.88. The van der Waals surface area contributed by atoms with E-state index in [9.17, 15) is 16.8 Å². The van der Waals surface area contributed by atoms with Gasteiger partial charge >= 0.3 is 0 Å². The van der Waals surface area contributed by atoms with Crippen LogP contribution in [-0.4, -0.2) is 41.6 Å². The van der Waals surface area contributed by atoms with Crippen LogP contribution in [-0.2, 0) is 28.6 Å². The summed E-state index contributed by atoms with van der Waals surface area (Å²) in [7, 11) is -7.08. The summed E-state index contributed by atoms with van der Waals surface area (Å²) >= 11 is 0. The van der Waals surface area contributed by atoms with E-state index in [1.54, 1.807) is 0 Å². The molecule has 0 aromatic heterocycles. The molecule has 0 saturated heterocycles. The lowest BCUT2D eigenvalue weighted by atomic mass is 10.2. The van der Waals surface area contributed by atoms with Crippen molar-refractivity contribution in [2.24, 2.45) is 0 Å². The van der Waals surface area contributed by atoms with Crippen LogP contribution in [0.1, 0.15) is 25.7 Å². The van der Waals surface area contributed by atoms with Crippen LogP contribution in [0.5, 0.6) is 0 Å². The zero-order valence-electron chi connectivity index (χ0n) is 11.3. The molecule has 0 atom stereocenters. The van der Waals surface area contributed by atoms with Gasteiger partial charge in [-0.15, -0.1) is 13.0 Å². The van der Waals surface area contributed by atoms with E-state index in [0.29, 0.717) is 25.7 Å². The fraction of sp³-hybridized carbons (Fsp3) is 0.667. The molecule has 6 nitrogen and oxygen atoms in total. The van der Waals surface area contributed by atoms with Gasteiger partial charge in [-0.3, -0.25) is 8.37 Å². The topological polar surface area (TPSA) is 86.7 Å². The Balaban J connectivity index is 3.73. The second kappa shape index (κ2) is 9.94. The average Bonchev–Trinajstić information content (AvgIpc) is 2.38. The summed E-state index contributed by atoms with van der Waals surface area (Å²) in [4.78, 5) is 0. The number of terminal acetylenes is 1. The van der Waals surface area contributed by atoms with Crippen LogP contribution < -0.4 is 0 Å². The average molecular weight is 324 g/mol. The lowest BCUT2D eigenvalue weighted by Gasteiger charge is -2.04. The molecule has 0 aromatic rings. The smallest absolute Gasteiger partial charge is 0.266 e. The molecule has 0 aliphatic rings. The van der Waals surface area contributed by atoms with Crippen molar-refractivity contribution in [2.45, 2.75) is 25.7 Å². The highest BCUT2D eigenvalue weighted by atomic mass is 32.2. The molecule has 0 N–H and O–H groups in total. The van der Waals surface area contributed by atoms with E-state index >= 15 is 0 Å². The van der Waals surface area contributed by atoms with Crippen molar-refractivity contribution in [3.8, 4) is 12.3 Å². The summed E-state index contributed by atoms with van der Waals surface area (Å²) in [5, 5.41) is 0. The normalized spacial score (nSPS) is 11.9. The van der Waals surface area contributed by atoms with Gasteiger partial charge < -0.3 is 0 Å². The fourth-order valence-corrected chi connectivity index (χ4v) is 3.21. The molecule has 0 spiro atoms. The summed E-state index contributed by atoms with van der Waals surface area (Å²) in [6.45, 7) is 3.06. The highest BCUT2D eigenvalue weighted by Gasteiger charge is 2.11. The van der Waals surface area contributed by atoms with Crippen LogP contribution in [0, 0.1) is 12.3 Å². The zero-order valence-corrected chi connectivity index (χ0v) is 12.9. The first-order valence-corrected chi connectivity index (χ1v) is 9.27. The van der Waals surface area contributed by atoms with Gasteiger partial charge in [0.15, 0.2) is 0 Å². The summed E-state index contributed by atoms with van der Waals surface area (Å²) in [5.41, 5.74) is 0. The molecule has 0 saturated carbocycles. The summed E-state index contributed by atoms with van der Waals surface area (Å²) in [6, 6.07) is 0. The Kier molecular flexibility index (Phi) is 9.50. The number of hydrogen-bond acceptors (Lipinski definition) is 6. The second-order valence-corrected chi connectivity index (χ2v) is 7.50. The predicted octanol–water partition coefficient (Wildman–Crippen LogP) is 1.06. The molecule has 0 heterocycles. The van der Waals surface area contributed by atoms with Gasteiger partial charge in [0, 0.05) is 0 Å². The molecular formula is C12H20O6S2. The highest BCUT2D eigenvalue weighted by molar-refractivity contribution is 7.86. The van der Waals surface area contributed by atoms with E-state index in [1.165, 1.54) is 6.08 Å². The minimum absolute atomic E-state index is 0.0346. The van der Waals surface area contributed by atoms with Crippen molar-refractivity contribution < 1.29 is 25.2 Å². The third-order valence-electron chi connectivity index (χ3n) is 2.23. The van der Waals surface area contributed by atoms with Gasteiger partial charge in [0.25, 0.3) is 20.2 Å². The van der Waals surface area contributed by atoms with E-state index in [-0.39, 0.29) is 24.7 Å². The maximum absolute atomic E-state index is 11.3. The molecule has 116 valence electrons. The molecule has 20 heavy (non-hydrogen) atoms. The molecule has 0 aliphatic carbocycles. The van der Waals surface area contributed by atoms with Crippen molar-refractivity contribution in [1.29, 1.82) is 0 Å². The molecule has 0 aliphatic heterocycles. The molecule has 0 unspecified atom stereocenters. The van der Waals surface area contributed by atoms with Gasteiger partial charge in [-0.25, -0.2) is 0 Å². The van der Waals surface area contributed by atoms with Crippen molar-refractivity contribution >= 4 is 20.2 Å². The van der Waals surface area contributed by atoms with E-state index in [0.717, 1.165) is 0 Å². The minimum Gasteiger partial charge on any atom is -0.266 e. The molecule has 0 amide bonds. The van der Waals surface area contributed by atoms with Gasteiger partial charge in [0.1, 0.15) is 6.61 Å². The molecule has 0 fully saturated rings. The van der Waals surface area contributed by atoms with Gasteiger partial charge in [-0.1, -0.05) is 24.8 Å². The van der Waals surface area contributed by atoms with E-state index in [2.05, 4.69) is 20.9 Å². The van der Waals surface area contributed by atoms with Crippen molar-refractivity contribution in [3.63, 3.8) is 0 Å². The summed E-state index contributed by atoms with van der Waals surface area (Å²) < 4.78 is 54.2. The van der Waals surface area contributed by atoms with Gasteiger partial charge in [0.2, 0.25) is 0 Å². The largest absolute Gasteiger partial charge is 0.268 e. The quantitative estimate of drug-likeness (QED) is 0.231. The number of rotatable bonds is 12. The van der Waals surface area contributed by atoms with Crippen LogP contribution in [0.2, 0.25) is 0 Å². The molecular weight excluding hydrogens is 304 g/mol. The Hall–Kier alpha value is -0.880. The Morgan fingerprint density at radius 1 is 0.950 bits per heavy atom. The van der Waals surface area contributed by atoms with Crippen LogP contribution in [0.25, 0.3) is 0 Å². The maximum Gasteiger partial charge on any atom is 0.268 e.